The van der Waals surface area contributed by atoms with E-state index < -0.39 is 0 Å². The molecule has 26 heavy (non-hydrogen) atoms. The van der Waals surface area contributed by atoms with Crippen molar-refractivity contribution in [1.29, 1.82) is 0 Å². The molecule has 0 aromatic carbocycles. The summed E-state index contributed by atoms with van der Waals surface area (Å²) >= 11 is 0. The topological polar surface area (TPSA) is 54.5 Å². The number of ether oxygens (including phenoxy) is 1. The third-order valence-electron chi connectivity index (χ3n) is 6.75. The molecule has 0 radical (unpaired) electrons. The fourth-order valence-electron chi connectivity index (χ4n) is 5.22. The third-order valence-corrected chi connectivity index (χ3v) is 6.75. The summed E-state index contributed by atoms with van der Waals surface area (Å²) in [6.07, 6.45) is 10.5. The van der Waals surface area contributed by atoms with Gasteiger partial charge in [0.1, 0.15) is 0 Å². The Kier molecular flexibility index (Phi) is 5.55. The summed E-state index contributed by atoms with van der Waals surface area (Å²) in [6, 6.07) is 4.19. The fraction of sp³-hybridized carbons (Fsp3) is 0.714. The molecular formula is C21H31N3O2. The van der Waals surface area contributed by atoms with E-state index in [-0.39, 0.29) is 11.3 Å². The zero-order valence-electron chi connectivity index (χ0n) is 15.7. The second-order valence-corrected chi connectivity index (χ2v) is 8.42. The summed E-state index contributed by atoms with van der Waals surface area (Å²) in [5.74, 6) is 1.10. The molecule has 5 nitrogen and oxygen atoms in total. The van der Waals surface area contributed by atoms with E-state index in [2.05, 4.69) is 27.3 Å². The van der Waals surface area contributed by atoms with Crippen molar-refractivity contribution in [2.24, 2.45) is 17.3 Å². The maximum absolute atomic E-state index is 12.9. The monoisotopic (exact) mass is 357 g/mol. The zero-order chi connectivity index (χ0) is 17.8. The lowest BCUT2D eigenvalue weighted by Gasteiger charge is -2.31. The van der Waals surface area contributed by atoms with Crippen LogP contribution in [0.1, 0.15) is 44.1 Å². The van der Waals surface area contributed by atoms with Gasteiger partial charge in [0.25, 0.3) is 0 Å². The lowest BCUT2D eigenvalue weighted by Crippen LogP contribution is -2.42. The summed E-state index contributed by atoms with van der Waals surface area (Å²) in [5, 5.41) is 3.29. The van der Waals surface area contributed by atoms with Crippen LogP contribution in [0.15, 0.2) is 24.5 Å². The van der Waals surface area contributed by atoms with Crippen molar-refractivity contribution < 1.29 is 9.53 Å². The zero-order valence-corrected chi connectivity index (χ0v) is 15.7. The summed E-state index contributed by atoms with van der Waals surface area (Å²) in [5.41, 5.74) is 1.52. The maximum atomic E-state index is 12.9. The Bertz CT molecular complexity index is 603. The highest BCUT2D eigenvalue weighted by molar-refractivity contribution is 5.80. The summed E-state index contributed by atoms with van der Waals surface area (Å²) in [7, 11) is 0. The number of amides is 1. The van der Waals surface area contributed by atoms with Gasteiger partial charge in [-0.15, -0.1) is 0 Å². The summed E-state index contributed by atoms with van der Waals surface area (Å²) in [4.78, 5) is 19.6. The first-order chi connectivity index (χ1) is 12.8. The molecule has 1 N–H and O–H groups in total. The van der Waals surface area contributed by atoms with Crippen LogP contribution >= 0.6 is 0 Å². The van der Waals surface area contributed by atoms with Crippen molar-refractivity contribution in [3.05, 3.63) is 30.1 Å². The Morgan fingerprint density at radius 3 is 2.85 bits per heavy atom. The lowest BCUT2D eigenvalue weighted by molar-refractivity contribution is -0.128. The second-order valence-electron chi connectivity index (χ2n) is 8.42. The number of aromatic nitrogens is 1. The highest BCUT2D eigenvalue weighted by Crippen LogP contribution is 2.50. The van der Waals surface area contributed by atoms with E-state index in [1.165, 1.54) is 18.4 Å². The lowest BCUT2D eigenvalue weighted by atomic mass is 9.76. The first kappa shape index (κ1) is 17.9. The molecule has 2 aliphatic heterocycles. The number of rotatable bonds is 5. The van der Waals surface area contributed by atoms with Crippen LogP contribution in [0.5, 0.6) is 0 Å². The second kappa shape index (κ2) is 8.05. The Morgan fingerprint density at radius 1 is 1.23 bits per heavy atom. The highest BCUT2D eigenvalue weighted by atomic mass is 16.5. The first-order valence-electron chi connectivity index (χ1n) is 10.2. The van der Waals surface area contributed by atoms with Gasteiger partial charge in [0.15, 0.2) is 0 Å². The average Bonchev–Trinajstić information content (AvgIpc) is 3.28. The van der Waals surface area contributed by atoms with Gasteiger partial charge in [-0.25, -0.2) is 0 Å². The molecular weight excluding hydrogens is 326 g/mol. The Hall–Kier alpha value is -1.46. The van der Waals surface area contributed by atoms with Crippen LogP contribution in [0.4, 0.5) is 0 Å². The Balaban J connectivity index is 1.33. The number of likely N-dealkylation sites (tertiary alicyclic amines) is 1. The Labute approximate surface area is 156 Å². The van der Waals surface area contributed by atoms with Crippen molar-refractivity contribution in [3.63, 3.8) is 0 Å². The molecule has 5 heteroatoms. The van der Waals surface area contributed by atoms with Crippen molar-refractivity contribution >= 4 is 5.91 Å². The van der Waals surface area contributed by atoms with Crippen molar-refractivity contribution in [1.82, 2.24) is 15.2 Å². The molecule has 1 aromatic rings. The van der Waals surface area contributed by atoms with E-state index in [9.17, 15) is 4.79 Å². The molecule has 1 saturated carbocycles. The summed E-state index contributed by atoms with van der Waals surface area (Å²) in [6.45, 7) is 5.66. The molecule has 2 atom stereocenters. The van der Waals surface area contributed by atoms with Gasteiger partial charge in [-0.1, -0.05) is 6.42 Å². The quantitative estimate of drug-likeness (QED) is 0.880. The van der Waals surface area contributed by atoms with Gasteiger partial charge in [0.2, 0.25) is 5.91 Å². The SMILES string of the molecule is O=C(NCC1CCOCC1)[C@@H]1CCC[C@@]12CCN(Cc1ccncc1)C2. The predicted octanol–water partition coefficient (Wildman–Crippen LogP) is 2.62. The Morgan fingerprint density at radius 2 is 2.04 bits per heavy atom. The van der Waals surface area contributed by atoms with Crippen LogP contribution in [0, 0.1) is 17.3 Å². The smallest absolute Gasteiger partial charge is 0.223 e. The van der Waals surface area contributed by atoms with Gasteiger partial charge in [0.05, 0.1) is 0 Å². The largest absolute Gasteiger partial charge is 0.381 e. The number of hydrogen-bond acceptors (Lipinski definition) is 4. The number of carbonyl (C=O) groups excluding carboxylic acids is 1. The van der Waals surface area contributed by atoms with Crippen LogP contribution in [-0.4, -0.2) is 48.6 Å². The van der Waals surface area contributed by atoms with Gasteiger partial charge < -0.3 is 10.1 Å². The van der Waals surface area contributed by atoms with Gasteiger partial charge in [-0.05, 0) is 67.7 Å². The third kappa shape index (κ3) is 3.94. The van der Waals surface area contributed by atoms with E-state index in [4.69, 9.17) is 4.74 Å². The van der Waals surface area contributed by atoms with E-state index in [0.717, 1.165) is 65.1 Å². The summed E-state index contributed by atoms with van der Waals surface area (Å²) < 4.78 is 5.42. The van der Waals surface area contributed by atoms with Crippen LogP contribution in [-0.2, 0) is 16.1 Å². The number of nitrogens with one attached hydrogen (secondary N) is 1. The van der Waals surface area contributed by atoms with Gasteiger partial charge in [0, 0.05) is 51.2 Å². The molecule has 1 aromatic heterocycles. The number of carbonyl (C=O) groups is 1. The molecule has 0 unspecified atom stereocenters. The van der Waals surface area contributed by atoms with Crippen molar-refractivity contribution in [2.45, 2.75) is 45.1 Å². The minimum absolute atomic E-state index is 0.199. The maximum Gasteiger partial charge on any atom is 0.223 e. The fourth-order valence-corrected chi connectivity index (χ4v) is 5.22. The van der Waals surface area contributed by atoms with Crippen LogP contribution < -0.4 is 5.32 Å². The molecule has 1 spiro atoms. The van der Waals surface area contributed by atoms with Gasteiger partial charge >= 0.3 is 0 Å². The minimum Gasteiger partial charge on any atom is -0.381 e. The predicted molar refractivity (Wildman–Crippen MR) is 100 cm³/mol. The van der Waals surface area contributed by atoms with Crippen LogP contribution in [0.25, 0.3) is 0 Å². The van der Waals surface area contributed by atoms with Crippen molar-refractivity contribution in [3.8, 4) is 0 Å². The highest BCUT2D eigenvalue weighted by Gasteiger charge is 2.50. The molecule has 4 rings (SSSR count). The molecule has 1 aliphatic carbocycles. The molecule has 3 aliphatic rings. The molecule has 3 fully saturated rings. The van der Waals surface area contributed by atoms with Gasteiger partial charge in [-0.2, -0.15) is 0 Å². The first-order valence-corrected chi connectivity index (χ1v) is 10.2. The normalized spacial score (nSPS) is 30.1. The van der Waals surface area contributed by atoms with Gasteiger partial charge in [-0.3, -0.25) is 14.7 Å². The number of hydrogen-bond donors (Lipinski definition) is 1. The van der Waals surface area contributed by atoms with Crippen molar-refractivity contribution in [2.75, 3.05) is 32.8 Å². The van der Waals surface area contributed by atoms with E-state index in [1.54, 1.807) is 0 Å². The average molecular weight is 357 g/mol. The number of pyridine rings is 1. The standard InChI is InChI=1S/C21H31N3O2/c25-20(23-14-17-5-12-26-13-6-17)19-2-1-7-21(19)8-11-24(16-21)15-18-3-9-22-10-4-18/h3-4,9-10,17,19H,1-2,5-8,11-16H2,(H,23,25)/t19-,21-/m0/s1. The minimum atomic E-state index is 0.199. The molecule has 2 saturated heterocycles. The molecule has 142 valence electrons. The van der Waals surface area contributed by atoms with Crippen LogP contribution in [0.3, 0.4) is 0 Å². The molecule has 1 amide bonds. The van der Waals surface area contributed by atoms with E-state index in [0.29, 0.717) is 11.8 Å². The molecule has 0 bridgehead atoms. The van der Waals surface area contributed by atoms with E-state index >= 15 is 0 Å². The molecule has 3 heterocycles. The van der Waals surface area contributed by atoms with E-state index in [1.807, 2.05) is 12.4 Å². The number of nitrogens with zero attached hydrogens (tertiary/aromatic N) is 2. The van der Waals surface area contributed by atoms with Crippen LogP contribution in [0.2, 0.25) is 0 Å².